The topological polar surface area (TPSA) is 85.2 Å². The van der Waals surface area contributed by atoms with Gasteiger partial charge in [0.25, 0.3) is 0 Å². The summed E-state index contributed by atoms with van der Waals surface area (Å²) in [6.07, 6.45) is 1.41. The fourth-order valence-corrected chi connectivity index (χ4v) is 2.66. The Morgan fingerprint density at radius 2 is 1.64 bits per heavy atom. The molecule has 1 atom stereocenters. The summed E-state index contributed by atoms with van der Waals surface area (Å²) in [6.45, 7) is 0.132. The molecule has 0 saturated heterocycles. The van der Waals surface area contributed by atoms with Crippen LogP contribution in [0.3, 0.4) is 0 Å². The van der Waals surface area contributed by atoms with Gasteiger partial charge in [-0.2, -0.15) is 5.10 Å². The third-order valence-electron chi connectivity index (χ3n) is 4.07. The SMILES string of the molecule is Cn1ccc(NC(=O)[C@H](Cc2ccccc2)NC(=O)OCc2ccccc2)n1. The average molecular weight is 378 g/mol. The van der Waals surface area contributed by atoms with Crippen LogP contribution in [0.5, 0.6) is 0 Å². The number of nitrogens with one attached hydrogen (secondary N) is 2. The van der Waals surface area contributed by atoms with Crippen LogP contribution in [0.2, 0.25) is 0 Å². The van der Waals surface area contributed by atoms with Gasteiger partial charge in [-0.05, 0) is 11.1 Å². The number of aryl methyl sites for hydroxylation is 1. The largest absolute Gasteiger partial charge is 0.445 e. The molecule has 2 amide bonds. The molecule has 3 aromatic rings. The van der Waals surface area contributed by atoms with E-state index in [0.29, 0.717) is 12.2 Å². The summed E-state index contributed by atoms with van der Waals surface area (Å²) in [4.78, 5) is 25.0. The van der Waals surface area contributed by atoms with Crippen molar-refractivity contribution in [3.05, 3.63) is 84.1 Å². The molecule has 0 unspecified atom stereocenters. The first kappa shape index (κ1) is 19.2. The van der Waals surface area contributed by atoms with Gasteiger partial charge in [0.2, 0.25) is 5.91 Å². The van der Waals surface area contributed by atoms with Gasteiger partial charge in [0.1, 0.15) is 12.6 Å². The number of carbonyl (C=O) groups is 2. The first-order valence-electron chi connectivity index (χ1n) is 8.92. The summed E-state index contributed by atoms with van der Waals surface area (Å²) < 4.78 is 6.84. The zero-order chi connectivity index (χ0) is 19.8. The maximum Gasteiger partial charge on any atom is 0.408 e. The summed E-state index contributed by atoms with van der Waals surface area (Å²) >= 11 is 0. The van der Waals surface area contributed by atoms with E-state index in [1.54, 1.807) is 24.0 Å². The van der Waals surface area contributed by atoms with Crippen LogP contribution in [0.1, 0.15) is 11.1 Å². The molecule has 2 aromatic carbocycles. The second kappa shape index (κ2) is 9.36. The summed E-state index contributed by atoms with van der Waals surface area (Å²) in [5.74, 6) is 0.0595. The lowest BCUT2D eigenvalue weighted by atomic mass is 10.1. The number of anilines is 1. The van der Waals surface area contributed by atoms with E-state index in [1.807, 2.05) is 60.7 Å². The quantitative estimate of drug-likeness (QED) is 0.662. The molecule has 3 rings (SSSR count). The third kappa shape index (κ3) is 5.70. The molecular formula is C21H22N4O3. The van der Waals surface area contributed by atoms with Crippen molar-refractivity contribution in [1.29, 1.82) is 0 Å². The fraction of sp³-hybridized carbons (Fsp3) is 0.190. The molecule has 0 aliphatic heterocycles. The molecule has 0 aliphatic rings. The Kier molecular flexibility index (Phi) is 6.41. The molecule has 0 spiro atoms. The van der Waals surface area contributed by atoms with Gasteiger partial charge >= 0.3 is 6.09 Å². The van der Waals surface area contributed by atoms with Crippen molar-refractivity contribution >= 4 is 17.8 Å². The summed E-state index contributed by atoms with van der Waals surface area (Å²) in [6, 6.07) is 19.7. The molecule has 0 bridgehead atoms. The standard InChI is InChI=1S/C21H22N4O3/c1-25-13-12-19(24-25)23-20(26)18(14-16-8-4-2-5-9-16)22-21(27)28-15-17-10-6-3-7-11-17/h2-13,18H,14-15H2,1H3,(H,22,27)(H,23,24,26)/t18-/m0/s1. The maximum atomic E-state index is 12.7. The van der Waals surface area contributed by atoms with Crippen LogP contribution in [0, 0.1) is 0 Å². The first-order chi connectivity index (χ1) is 13.6. The van der Waals surface area contributed by atoms with E-state index in [2.05, 4.69) is 15.7 Å². The van der Waals surface area contributed by atoms with Crippen molar-refractivity contribution in [2.24, 2.45) is 7.05 Å². The number of hydrogen-bond donors (Lipinski definition) is 2. The van der Waals surface area contributed by atoms with Crippen molar-refractivity contribution in [1.82, 2.24) is 15.1 Å². The molecule has 144 valence electrons. The van der Waals surface area contributed by atoms with Gasteiger partial charge in [-0.25, -0.2) is 4.79 Å². The van der Waals surface area contributed by atoms with E-state index in [0.717, 1.165) is 11.1 Å². The van der Waals surface area contributed by atoms with Gasteiger partial charge < -0.3 is 15.4 Å². The number of nitrogens with zero attached hydrogens (tertiary/aromatic N) is 2. The smallest absolute Gasteiger partial charge is 0.408 e. The Labute approximate surface area is 163 Å². The second-order valence-electron chi connectivity index (χ2n) is 6.31. The Morgan fingerprint density at radius 1 is 1.00 bits per heavy atom. The number of ether oxygens (including phenoxy) is 1. The lowest BCUT2D eigenvalue weighted by Crippen LogP contribution is -2.45. The Bertz CT molecular complexity index is 910. The molecule has 7 heteroatoms. The van der Waals surface area contributed by atoms with Crippen LogP contribution in [0.15, 0.2) is 72.9 Å². The van der Waals surface area contributed by atoms with Crippen LogP contribution in [-0.4, -0.2) is 27.8 Å². The predicted octanol–water partition coefficient (Wildman–Crippen LogP) is 2.90. The van der Waals surface area contributed by atoms with Crippen LogP contribution in [0.4, 0.5) is 10.6 Å². The number of amides is 2. The highest BCUT2D eigenvalue weighted by atomic mass is 16.5. The highest BCUT2D eigenvalue weighted by Crippen LogP contribution is 2.08. The van der Waals surface area contributed by atoms with E-state index in [4.69, 9.17) is 4.74 Å². The zero-order valence-electron chi connectivity index (χ0n) is 15.5. The minimum atomic E-state index is -0.798. The lowest BCUT2D eigenvalue weighted by Gasteiger charge is -2.18. The minimum Gasteiger partial charge on any atom is -0.445 e. The summed E-state index contributed by atoms with van der Waals surface area (Å²) in [7, 11) is 1.76. The van der Waals surface area contributed by atoms with E-state index in [9.17, 15) is 9.59 Å². The van der Waals surface area contributed by atoms with E-state index in [-0.39, 0.29) is 12.5 Å². The molecule has 2 N–H and O–H groups in total. The molecule has 0 saturated carbocycles. The van der Waals surface area contributed by atoms with Gasteiger partial charge in [-0.3, -0.25) is 9.48 Å². The molecule has 0 radical (unpaired) electrons. The van der Waals surface area contributed by atoms with E-state index < -0.39 is 12.1 Å². The lowest BCUT2D eigenvalue weighted by molar-refractivity contribution is -0.118. The van der Waals surface area contributed by atoms with Crippen molar-refractivity contribution in [2.75, 3.05) is 5.32 Å². The number of carbonyl (C=O) groups excluding carboxylic acids is 2. The number of alkyl carbamates (subject to hydrolysis) is 1. The normalized spacial score (nSPS) is 11.5. The Morgan fingerprint density at radius 3 is 2.25 bits per heavy atom. The highest BCUT2D eigenvalue weighted by Gasteiger charge is 2.22. The molecule has 7 nitrogen and oxygen atoms in total. The highest BCUT2D eigenvalue weighted by molar-refractivity contribution is 5.96. The fourth-order valence-electron chi connectivity index (χ4n) is 2.66. The van der Waals surface area contributed by atoms with E-state index in [1.165, 1.54) is 0 Å². The van der Waals surface area contributed by atoms with Crippen LogP contribution >= 0.6 is 0 Å². The number of benzene rings is 2. The van der Waals surface area contributed by atoms with Gasteiger partial charge in [0.05, 0.1) is 0 Å². The molecule has 1 aromatic heterocycles. The average Bonchev–Trinajstić information content (AvgIpc) is 3.12. The van der Waals surface area contributed by atoms with Gasteiger partial charge in [0.15, 0.2) is 5.82 Å². The van der Waals surface area contributed by atoms with Crippen LogP contribution in [0.25, 0.3) is 0 Å². The molecule has 1 heterocycles. The molecule has 28 heavy (non-hydrogen) atoms. The third-order valence-corrected chi connectivity index (χ3v) is 4.07. The van der Waals surface area contributed by atoms with Crippen LogP contribution < -0.4 is 10.6 Å². The summed E-state index contributed by atoms with van der Waals surface area (Å²) in [5, 5.41) is 9.51. The van der Waals surface area contributed by atoms with Crippen molar-refractivity contribution < 1.29 is 14.3 Å². The predicted molar refractivity (Wildman–Crippen MR) is 106 cm³/mol. The van der Waals surface area contributed by atoms with Gasteiger partial charge in [-0.1, -0.05) is 60.7 Å². The molecule has 0 fully saturated rings. The first-order valence-corrected chi connectivity index (χ1v) is 8.92. The number of aromatic nitrogens is 2. The number of rotatable bonds is 7. The zero-order valence-corrected chi connectivity index (χ0v) is 15.5. The Balaban J connectivity index is 1.64. The molecule has 0 aliphatic carbocycles. The monoisotopic (exact) mass is 378 g/mol. The van der Waals surface area contributed by atoms with E-state index >= 15 is 0 Å². The maximum absolute atomic E-state index is 12.7. The summed E-state index contributed by atoms with van der Waals surface area (Å²) in [5.41, 5.74) is 1.79. The minimum absolute atomic E-state index is 0.132. The Hall–Kier alpha value is -3.61. The van der Waals surface area contributed by atoms with Crippen molar-refractivity contribution in [2.45, 2.75) is 19.1 Å². The van der Waals surface area contributed by atoms with Crippen LogP contribution in [-0.2, 0) is 29.6 Å². The van der Waals surface area contributed by atoms with Gasteiger partial charge in [0, 0.05) is 25.7 Å². The second-order valence-corrected chi connectivity index (χ2v) is 6.31. The van der Waals surface area contributed by atoms with Crippen molar-refractivity contribution in [3.63, 3.8) is 0 Å². The number of hydrogen-bond acceptors (Lipinski definition) is 4. The van der Waals surface area contributed by atoms with Crippen molar-refractivity contribution in [3.8, 4) is 0 Å². The van der Waals surface area contributed by atoms with Gasteiger partial charge in [-0.15, -0.1) is 0 Å². The molecular weight excluding hydrogens is 356 g/mol.